The van der Waals surface area contributed by atoms with Crippen LogP contribution in [0.5, 0.6) is 0 Å². The molecule has 0 saturated carbocycles. The summed E-state index contributed by atoms with van der Waals surface area (Å²) in [6.45, 7) is 8.53. The van der Waals surface area contributed by atoms with E-state index in [9.17, 15) is 9.59 Å². The fourth-order valence-corrected chi connectivity index (χ4v) is 6.00. The number of likely N-dealkylation sites (tertiary alicyclic amines) is 1. The van der Waals surface area contributed by atoms with Crippen molar-refractivity contribution in [2.45, 2.75) is 58.7 Å². The molecule has 0 unspecified atom stereocenters. The lowest BCUT2D eigenvalue weighted by Crippen LogP contribution is -2.50. The third kappa shape index (κ3) is 7.25. The van der Waals surface area contributed by atoms with Gasteiger partial charge in [0.25, 0.3) is 5.91 Å². The molecule has 0 radical (unpaired) electrons. The van der Waals surface area contributed by atoms with Crippen LogP contribution in [0.4, 0.5) is 10.6 Å². The largest absolute Gasteiger partial charge is 0.360 e. The van der Waals surface area contributed by atoms with Gasteiger partial charge in [-0.15, -0.1) is 0 Å². The molecule has 38 heavy (non-hydrogen) atoms. The number of nitrogens with one attached hydrogen (secondary N) is 2. The number of anilines is 1. The predicted molar refractivity (Wildman–Crippen MR) is 150 cm³/mol. The van der Waals surface area contributed by atoms with Crippen LogP contribution in [-0.2, 0) is 6.54 Å². The molecule has 0 bridgehead atoms. The Bertz CT molecular complexity index is 1220. The second-order valence-electron chi connectivity index (χ2n) is 9.60. The number of piperidine rings is 1. The first-order valence-corrected chi connectivity index (χ1v) is 14.3. The van der Waals surface area contributed by atoms with Crippen molar-refractivity contribution in [3.63, 3.8) is 0 Å². The number of thiophene rings is 1. The zero-order chi connectivity index (χ0) is 27.2. The van der Waals surface area contributed by atoms with E-state index in [4.69, 9.17) is 27.7 Å². The molecule has 3 amide bonds. The van der Waals surface area contributed by atoms with Crippen molar-refractivity contribution < 1.29 is 14.1 Å². The molecule has 0 aliphatic carbocycles. The van der Waals surface area contributed by atoms with Crippen LogP contribution < -0.4 is 10.6 Å². The van der Waals surface area contributed by atoms with Crippen LogP contribution in [-0.4, -0.2) is 63.6 Å². The van der Waals surface area contributed by atoms with E-state index < -0.39 is 0 Å². The molecule has 2 N–H and O–H groups in total. The highest BCUT2D eigenvalue weighted by Crippen LogP contribution is 2.24. The monoisotopic (exact) mass is 578 g/mol. The molecule has 204 valence electrons. The third-order valence-electron chi connectivity index (χ3n) is 6.84. The molecule has 0 spiro atoms. The number of hydrogen-bond donors (Lipinski definition) is 2. The van der Waals surface area contributed by atoms with E-state index in [0.29, 0.717) is 35.8 Å². The summed E-state index contributed by atoms with van der Waals surface area (Å²) in [5.41, 5.74) is 2.16. The first kappa shape index (κ1) is 28.4. The fraction of sp³-hybridized carbons (Fsp3) is 0.462. The minimum atomic E-state index is -0.250. The van der Waals surface area contributed by atoms with Gasteiger partial charge in [0.1, 0.15) is 16.1 Å². The van der Waals surface area contributed by atoms with Gasteiger partial charge in [-0.2, -0.15) is 11.3 Å². The van der Waals surface area contributed by atoms with E-state index in [0.717, 1.165) is 37.9 Å². The molecule has 3 aromatic rings. The Morgan fingerprint density at radius 1 is 1.26 bits per heavy atom. The van der Waals surface area contributed by atoms with Crippen LogP contribution in [0, 0.1) is 13.8 Å². The Kier molecular flexibility index (Phi) is 9.64. The summed E-state index contributed by atoms with van der Waals surface area (Å²) in [6.07, 6.45) is 2.51. The number of hydrogen-bond acceptors (Lipinski definition) is 7. The van der Waals surface area contributed by atoms with Crippen LogP contribution >= 0.6 is 34.5 Å². The maximum Gasteiger partial charge on any atom is 0.323 e. The quantitative estimate of drug-likeness (QED) is 0.313. The van der Waals surface area contributed by atoms with Crippen LogP contribution in [0.3, 0.4) is 0 Å². The summed E-state index contributed by atoms with van der Waals surface area (Å²) >= 11 is 13.7. The molecule has 3 aromatic heterocycles. The smallest absolute Gasteiger partial charge is 0.323 e. The number of urea groups is 1. The maximum atomic E-state index is 13.2. The Hall–Kier alpha value is -2.66. The number of rotatable bonds is 9. The van der Waals surface area contributed by atoms with Crippen molar-refractivity contribution in [1.82, 2.24) is 25.3 Å². The zero-order valence-electron chi connectivity index (χ0n) is 21.7. The first-order valence-electron chi connectivity index (χ1n) is 12.6. The minimum Gasteiger partial charge on any atom is -0.360 e. The number of aromatic nitrogens is 2. The highest BCUT2D eigenvalue weighted by molar-refractivity contribution is 7.07. The Morgan fingerprint density at radius 3 is 2.66 bits per heavy atom. The van der Waals surface area contributed by atoms with Crippen molar-refractivity contribution in [2.75, 3.05) is 25.0 Å². The average Bonchev–Trinajstić information content (AvgIpc) is 3.53. The molecule has 1 atom stereocenters. The lowest BCUT2D eigenvalue weighted by molar-refractivity contribution is 0.0919. The van der Waals surface area contributed by atoms with E-state index in [1.807, 2.05) is 16.3 Å². The molecule has 1 saturated heterocycles. The number of halogens is 2. The Labute approximate surface area is 236 Å². The summed E-state index contributed by atoms with van der Waals surface area (Å²) in [5, 5.41) is 14.2. The molecular formula is C26H32Cl2N6O3S. The third-order valence-corrected chi connectivity index (χ3v) is 8.04. The maximum absolute atomic E-state index is 13.2. The van der Waals surface area contributed by atoms with Gasteiger partial charge in [0, 0.05) is 44.3 Å². The number of carbonyl (C=O) groups excluding carboxylic acids is 2. The van der Waals surface area contributed by atoms with Gasteiger partial charge >= 0.3 is 6.03 Å². The summed E-state index contributed by atoms with van der Waals surface area (Å²) in [6, 6.07) is 5.59. The van der Waals surface area contributed by atoms with Crippen molar-refractivity contribution >= 4 is 52.3 Å². The topological polar surface area (TPSA) is 104 Å². The van der Waals surface area contributed by atoms with E-state index >= 15 is 0 Å². The average molecular weight is 580 g/mol. The Balaban J connectivity index is 1.29. The second-order valence-corrected chi connectivity index (χ2v) is 11.1. The standard InChI is InChI=1S/C26H32Cl2N6O3S/c1-16-12-21(27)30-24(28)23(16)25(35)29-8-4-17(2)33-9-5-20(6-10-33)34(14-19-7-11-38-15-19)26(36)31-22-13-18(3)37-32-22/h7,11-13,15,17,20H,4-6,8-10,14H2,1-3H3,(H,29,35)(H,31,32,36)/t17-/m1/s1. The van der Waals surface area contributed by atoms with Gasteiger partial charge < -0.3 is 19.6 Å². The first-order chi connectivity index (χ1) is 18.2. The Morgan fingerprint density at radius 2 is 2.03 bits per heavy atom. The van der Waals surface area contributed by atoms with E-state index in [2.05, 4.69) is 38.0 Å². The number of carbonyl (C=O) groups is 2. The molecule has 4 heterocycles. The van der Waals surface area contributed by atoms with Gasteiger partial charge in [0.2, 0.25) is 0 Å². The number of nitrogens with zero attached hydrogens (tertiary/aromatic N) is 4. The summed E-state index contributed by atoms with van der Waals surface area (Å²) in [4.78, 5) is 34.2. The van der Waals surface area contributed by atoms with Crippen molar-refractivity contribution in [3.8, 4) is 0 Å². The molecule has 1 aliphatic heterocycles. The molecular weight excluding hydrogens is 547 g/mol. The summed E-state index contributed by atoms with van der Waals surface area (Å²) in [7, 11) is 0. The predicted octanol–water partition coefficient (Wildman–Crippen LogP) is 5.76. The minimum absolute atomic E-state index is 0.105. The van der Waals surface area contributed by atoms with Crippen LogP contribution in [0.15, 0.2) is 33.5 Å². The zero-order valence-corrected chi connectivity index (χ0v) is 24.0. The van der Waals surface area contributed by atoms with Gasteiger partial charge in [0.15, 0.2) is 5.82 Å². The van der Waals surface area contributed by atoms with Crippen molar-refractivity contribution in [2.24, 2.45) is 0 Å². The van der Waals surface area contributed by atoms with Gasteiger partial charge in [-0.25, -0.2) is 9.78 Å². The summed E-state index contributed by atoms with van der Waals surface area (Å²) in [5.74, 6) is 0.813. The molecule has 4 rings (SSSR count). The highest BCUT2D eigenvalue weighted by atomic mass is 35.5. The van der Waals surface area contributed by atoms with Crippen molar-refractivity contribution in [1.29, 1.82) is 0 Å². The number of aryl methyl sites for hydroxylation is 2. The number of pyridine rings is 1. The molecule has 1 fully saturated rings. The lowest BCUT2D eigenvalue weighted by atomic mass is 10.0. The van der Waals surface area contributed by atoms with Crippen LogP contribution in [0.25, 0.3) is 0 Å². The second kappa shape index (κ2) is 12.9. The van der Waals surface area contributed by atoms with E-state index in [1.165, 1.54) is 0 Å². The van der Waals surface area contributed by atoms with E-state index in [1.54, 1.807) is 37.3 Å². The van der Waals surface area contributed by atoms with Gasteiger partial charge in [-0.05, 0) is 74.1 Å². The fourth-order valence-electron chi connectivity index (χ4n) is 4.72. The number of amides is 3. The van der Waals surface area contributed by atoms with Crippen LogP contribution in [0.1, 0.15) is 53.4 Å². The molecule has 0 aromatic carbocycles. The van der Waals surface area contributed by atoms with Gasteiger partial charge in [-0.3, -0.25) is 10.1 Å². The normalized spacial score (nSPS) is 15.3. The molecule has 12 heteroatoms. The summed E-state index contributed by atoms with van der Waals surface area (Å²) < 4.78 is 5.10. The molecule has 1 aliphatic rings. The van der Waals surface area contributed by atoms with Gasteiger partial charge in [0.05, 0.1) is 5.56 Å². The van der Waals surface area contributed by atoms with Crippen molar-refractivity contribution in [3.05, 3.63) is 61.7 Å². The highest BCUT2D eigenvalue weighted by Gasteiger charge is 2.30. The SMILES string of the molecule is Cc1cc(NC(=O)N(Cc2ccsc2)C2CCN([C@H](C)CCNC(=O)c3c(C)cc(Cl)nc3Cl)CC2)no1. The molecule has 9 nitrogen and oxygen atoms in total. The van der Waals surface area contributed by atoms with E-state index in [-0.39, 0.29) is 34.3 Å². The van der Waals surface area contributed by atoms with Crippen LogP contribution in [0.2, 0.25) is 10.3 Å². The lowest BCUT2D eigenvalue weighted by Gasteiger charge is -2.40. The van der Waals surface area contributed by atoms with Gasteiger partial charge in [-0.1, -0.05) is 28.4 Å².